The molecule has 102 valence electrons. The van der Waals surface area contributed by atoms with Crippen molar-refractivity contribution in [1.82, 2.24) is 0 Å². The molecule has 7 heteroatoms. The summed E-state index contributed by atoms with van der Waals surface area (Å²) in [6.45, 7) is 3.55. The van der Waals surface area contributed by atoms with Crippen molar-refractivity contribution in [3.05, 3.63) is 33.9 Å². The Bertz CT molecular complexity index is 520. The van der Waals surface area contributed by atoms with Crippen LogP contribution in [0, 0.1) is 10.1 Å². The van der Waals surface area contributed by atoms with Gasteiger partial charge in [0.25, 0.3) is 5.69 Å². The van der Waals surface area contributed by atoms with Crippen molar-refractivity contribution >= 4 is 29.1 Å². The summed E-state index contributed by atoms with van der Waals surface area (Å²) < 4.78 is 0. The Balaban J connectivity index is 2.38. The average molecular weight is 282 g/mol. The Morgan fingerprint density at radius 1 is 1.58 bits per heavy atom. The zero-order valence-electron chi connectivity index (χ0n) is 10.4. The molecule has 2 rings (SSSR count). The van der Waals surface area contributed by atoms with Crippen LogP contribution in [0.5, 0.6) is 0 Å². The summed E-state index contributed by atoms with van der Waals surface area (Å²) in [6, 6.07) is 4.07. The highest BCUT2D eigenvalue weighted by atomic mass is 32.2. The molecule has 0 bridgehead atoms. The lowest BCUT2D eigenvalue weighted by Crippen LogP contribution is -2.37. The van der Waals surface area contributed by atoms with Crippen LogP contribution in [0.3, 0.4) is 0 Å². The molecule has 1 unspecified atom stereocenters. The standard InChI is InChI=1S/C12H14N2O4S/c1-8-7-13(4-5-19-8)10-3-2-9(12(15)16)6-11(10)14(17)18/h2-3,6,8H,4-5,7H2,1H3,(H,15,16). The van der Waals surface area contributed by atoms with Gasteiger partial charge in [-0.25, -0.2) is 4.79 Å². The number of carbonyl (C=O) groups is 1. The zero-order valence-corrected chi connectivity index (χ0v) is 11.2. The van der Waals surface area contributed by atoms with Crippen molar-refractivity contribution in [3.63, 3.8) is 0 Å². The van der Waals surface area contributed by atoms with E-state index in [1.54, 1.807) is 0 Å². The third-order valence-corrected chi connectivity index (χ3v) is 4.14. The van der Waals surface area contributed by atoms with Crippen molar-refractivity contribution in [3.8, 4) is 0 Å². The van der Waals surface area contributed by atoms with Crippen LogP contribution < -0.4 is 4.90 Å². The van der Waals surface area contributed by atoms with E-state index in [0.717, 1.165) is 24.9 Å². The molecule has 1 atom stereocenters. The van der Waals surface area contributed by atoms with Gasteiger partial charge in [0.15, 0.2) is 0 Å². The first-order chi connectivity index (χ1) is 8.99. The highest BCUT2D eigenvalue weighted by molar-refractivity contribution is 8.00. The highest BCUT2D eigenvalue weighted by Crippen LogP contribution is 2.32. The first-order valence-electron chi connectivity index (χ1n) is 5.87. The molecule has 0 amide bonds. The van der Waals surface area contributed by atoms with Crippen LogP contribution in [-0.4, -0.2) is 40.1 Å². The topological polar surface area (TPSA) is 83.7 Å². The van der Waals surface area contributed by atoms with Crippen LogP contribution in [0.25, 0.3) is 0 Å². The molecular weight excluding hydrogens is 268 g/mol. The van der Waals surface area contributed by atoms with Crippen molar-refractivity contribution in [2.45, 2.75) is 12.2 Å². The second-order valence-corrected chi connectivity index (χ2v) is 5.94. The number of rotatable bonds is 3. The van der Waals surface area contributed by atoms with Gasteiger partial charge in [0, 0.05) is 30.2 Å². The molecule has 1 fully saturated rings. The van der Waals surface area contributed by atoms with Gasteiger partial charge in [-0.15, -0.1) is 0 Å². The summed E-state index contributed by atoms with van der Waals surface area (Å²) in [5, 5.41) is 20.4. The first-order valence-corrected chi connectivity index (χ1v) is 6.92. The minimum atomic E-state index is -1.16. The third kappa shape index (κ3) is 2.98. The molecule has 1 aliphatic rings. The van der Waals surface area contributed by atoms with E-state index in [1.807, 2.05) is 16.7 Å². The van der Waals surface area contributed by atoms with Crippen LogP contribution in [0.4, 0.5) is 11.4 Å². The Kier molecular flexibility index (Phi) is 3.94. The molecule has 0 spiro atoms. The minimum absolute atomic E-state index is 0.0603. The number of nitrogens with zero attached hydrogens (tertiary/aromatic N) is 2. The van der Waals surface area contributed by atoms with Crippen LogP contribution in [-0.2, 0) is 0 Å². The number of anilines is 1. The van der Waals surface area contributed by atoms with E-state index in [0.29, 0.717) is 10.9 Å². The quantitative estimate of drug-likeness (QED) is 0.676. The van der Waals surface area contributed by atoms with Gasteiger partial charge >= 0.3 is 5.97 Å². The Hall–Kier alpha value is -1.76. The summed E-state index contributed by atoms with van der Waals surface area (Å²) >= 11 is 1.83. The number of nitro groups is 1. The van der Waals surface area contributed by atoms with Crippen LogP contribution >= 0.6 is 11.8 Å². The van der Waals surface area contributed by atoms with Crippen LogP contribution in [0.15, 0.2) is 18.2 Å². The largest absolute Gasteiger partial charge is 0.478 e. The summed E-state index contributed by atoms with van der Waals surface area (Å²) in [5.41, 5.74) is 0.302. The number of benzene rings is 1. The van der Waals surface area contributed by atoms with Crippen LogP contribution in [0.1, 0.15) is 17.3 Å². The van der Waals surface area contributed by atoms with Crippen molar-refractivity contribution < 1.29 is 14.8 Å². The van der Waals surface area contributed by atoms with Gasteiger partial charge in [-0.2, -0.15) is 11.8 Å². The fourth-order valence-electron chi connectivity index (χ4n) is 2.11. The van der Waals surface area contributed by atoms with E-state index in [2.05, 4.69) is 6.92 Å². The number of nitro benzene ring substituents is 1. The van der Waals surface area contributed by atoms with E-state index >= 15 is 0 Å². The molecule has 1 N–H and O–H groups in total. The molecule has 0 aliphatic carbocycles. The van der Waals surface area contributed by atoms with Gasteiger partial charge in [0.2, 0.25) is 0 Å². The second-order valence-electron chi connectivity index (χ2n) is 4.39. The molecule has 0 saturated carbocycles. The van der Waals surface area contributed by atoms with E-state index in [4.69, 9.17) is 5.11 Å². The average Bonchev–Trinajstić information content (AvgIpc) is 2.37. The highest BCUT2D eigenvalue weighted by Gasteiger charge is 2.25. The van der Waals surface area contributed by atoms with Gasteiger partial charge in [-0.05, 0) is 12.1 Å². The maximum Gasteiger partial charge on any atom is 0.335 e. The fraction of sp³-hybridized carbons (Fsp3) is 0.417. The molecule has 1 saturated heterocycles. The normalized spacial score (nSPS) is 19.2. The lowest BCUT2D eigenvalue weighted by atomic mass is 10.1. The maximum atomic E-state index is 11.1. The molecule has 1 aliphatic heterocycles. The second kappa shape index (κ2) is 5.48. The summed E-state index contributed by atoms with van der Waals surface area (Å²) in [5.74, 6) is -0.240. The minimum Gasteiger partial charge on any atom is -0.478 e. The predicted octanol–water partition coefficient (Wildman–Crippen LogP) is 2.23. The smallest absolute Gasteiger partial charge is 0.335 e. The van der Waals surface area contributed by atoms with Crippen molar-refractivity contribution in [1.29, 1.82) is 0 Å². The number of aromatic carboxylic acids is 1. The van der Waals surface area contributed by atoms with Gasteiger partial charge in [0.05, 0.1) is 10.5 Å². The Morgan fingerprint density at radius 3 is 2.89 bits per heavy atom. The van der Waals surface area contributed by atoms with Crippen molar-refractivity contribution in [2.24, 2.45) is 0 Å². The molecule has 0 aromatic heterocycles. The number of carboxylic acids is 1. The number of hydrogen-bond acceptors (Lipinski definition) is 5. The molecule has 1 heterocycles. The van der Waals surface area contributed by atoms with Gasteiger partial charge < -0.3 is 10.0 Å². The molecule has 0 radical (unpaired) electrons. The van der Waals surface area contributed by atoms with Gasteiger partial charge in [-0.1, -0.05) is 6.92 Å². The van der Waals surface area contributed by atoms with Gasteiger partial charge in [0.1, 0.15) is 5.69 Å². The summed E-state index contributed by atoms with van der Waals surface area (Å²) in [6.07, 6.45) is 0. The van der Waals surface area contributed by atoms with Crippen LogP contribution in [0.2, 0.25) is 0 Å². The van der Waals surface area contributed by atoms with Gasteiger partial charge in [-0.3, -0.25) is 10.1 Å². The van der Waals surface area contributed by atoms with E-state index < -0.39 is 10.9 Å². The van der Waals surface area contributed by atoms with E-state index in [9.17, 15) is 14.9 Å². The fourth-order valence-corrected chi connectivity index (χ4v) is 3.12. The van der Waals surface area contributed by atoms with E-state index in [-0.39, 0.29) is 11.3 Å². The summed E-state index contributed by atoms with van der Waals surface area (Å²) in [7, 11) is 0. The lowest BCUT2D eigenvalue weighted by Gasteiger charge is -2.32. The number of carboxylic acid groups (broad SMARTS) is 1. The SMILES string of the molecule is CC1CN(c2ccc(C(=O)O)cc2[N+](=O)[O-])CCS1. The molecular formula is C12H14N2O4S. The van der Waals surface area contributed by atoms with Crippen molar-refractivity contribution in [2.75, 3.05) is 23.7 Å². The Morgan fingerprint density at radius 2 is 2.32 bits per heavy atom. The first kappa shape index (κ1) is 13.7. The number of thioether (sulfide) groups is 1. The molecule has 1 aromatic rings. The lowest BCUT2D eigenvalue weighted by molar-refractivity contribution is -0.384. The van der Waals surface area contributed by atoms with E-state index in [1.165, 1.54) is 12.1 Å². The molecule has 1 aromatic carbocycles. The summed E-state index contributed by atoms with van der Waals surface area (Å²) in [4.78, 5) is 23.4. The number of hydrogen-bond donors (Lipinski definition) is 1. The Labute approximate surface area is 114 Å². The maximum absolute atomic E-state index is 11.1. The zero-order chi connectivity index (χ0) is 14.0. The molecule has 6 nitrogen and oxygen atoms in total. The molecule has 19 heavy (non-hydrogen) atoms. The predicted molar refractivity (Wildman–Crippen MR) is 74.2 cm³/mol. The third-order valence-electron chi connectivity index (χ3n) is 3.00. The monoisotopic (exact) mass is 282 g/mol.